The molecule has 4 heteroatoms. The van der Waals surface area contributed by atoms with Crippen molar-refractivity contribution in [3.05, 3.63) is 35.9 Å². The Labute approximate surface area is 92.1 Å². The summed E-state index contributed by atoms with van der Waals surface area (Å²) < 4.78 is 13.2. The largest absolute Gasteiger partial charge is 0.458 e. The molecule has 1 atom stereocenters. The third-order valence-corrected chi connectivity index (χ3v) is 1.87. The fraction of sp³-hybridized carbons (Fsp3) is 0.364. The number of carbonyl (C=O) groups is 1. The first-order valence-corrected chi connectivity index (χ1v) is 5.09. The molecular formula is C11H15O3P. The van der Waals surface area contributed by atoms with E-state index in [-0.39, 0.29) is 12.1 Å². The number of carbonyl (C=O) groups excluding carboxylic acids is 1. The maximum Gasteiger partial charge on any atom is 0.306 e. The molecule has 0 heterocycles. The lowest BCUT2D eigenvalue weighted by atomic mass is 10.1. The summed E-state index contributed by atoms with van der Waals surface area (Å²) in [5.41, 5.74) is 1.03. The molecule has 1 aromatic rings. The van der Waals surface area contributed by atoms with Gasteiger partial charge in [0.1, 0.15) is 15.2 Å². The summed E-state index contributed by atoms with van der Waals surface area (Å²) in [6.45, 7) is 3.67. The van der Waals surface area contributed by atoms with Gasteiger partial charge in [0.05, 0.1) is 0 Å². The number of hydrogen-bond acceptors (Lipinski definition) is 3. The summed E-state index contributed by atoms with van der Waals surface area (Å²) in [7, 11) is 1.72. The average Bonchev–Trinajstić information content (AvgIpc) is 2.32. The monoisotopic (exact) mass is 226 g/mol. The van der Waals surface area contributed by atoms with E-state index >= 15 is 0 Å². The van der Waals surface area contributed by atoms with Gasteiger partial charge in [0.25, 0.3) is 0 Å². The normalized spacial score (nSPS) is 10.8. The molecule has 0 saturated carbocycles. The molecular weight excluding hydrogens is 211 g/mol. The highest BCUT2D eigenvalue weighted by atomic mass is 31.0. The van der Waals surface area contributed by atoms with Crippen molar-refractivity contribution < 1.29 is 14.1 Å². The molecule has 0 aliphatic heterocycles. The van der Waals surface area contributed by atoms with Gasteiger partial charge in [0, 0.05) is 6.42 Å². The molecule has 1 unspecified atom stereocenters. The second kappa shape index (κ2) is 8.13. The van der Waals surface area contributed by atoms with Gasteiger partial charge in [-0.3, -0.25) is 9.36 Å². The summed E-state index contributed by atoms with van der Waals surface area (Å²) in [6.07, 6.45) is 0.283. The number of benzene rings is 1. The Morgan fingerprint density at radius 2 is 1.87 bits per heavy atom. The number of rotatable bonds is 3. The minimum atomic E-state index is -0.156. The van der Waals surface area contributed by atoms with Crippen LogP contribution in [0, 0.1) is 0 Å². The van der Waals surface area contributed by atoms with E-state index in [9.17, 15) is 4.79 Å². The van der Waals surface area contributed by atoms with Gasteiger partial charge in [-0.05, 0) is 12.5 Å². The summed E-state index contributed by atoms with van der Waals surface area (Å²) in [5.74, 6) is -0.156. The van der Waals surface area contributed by atoms with Crippen LogP contribution in [0.5, 0.6) is 0 Å². The highest BCUT2D eigenvalue weighted by Gasteiger charge is 2.08. The molecule has 1 aromatic carbocycles. The van der Waals surface area contributed by atoms with Crippen LogP contribution in [-0.4, -0.2) is 5.97 Å². The third-order valence-electron chi connectivity index (χ3n) is 1.87. The summed E-state index contributed by atoms with van der Waals surface area (Å²) >= 11 is 0. The van der Waals surface area contributed by atoms with E-state index in [1.165, 1.54) is 0 Å². The minimum Gasteiger partial charge on any atom is -0.458 e. The zero-order chi connectivity index (χ0) is 11.7. The van der Waals surface area contributed by atoms with E-state index in [0.29, 0.717) is 6.42 Å². The zero-order valence-electron chi connectivity index (χ0n) is 8.90. The third kappa shape index (κ3) is 5.28. The van der Waals surface area contributed by atoms with Gasteiger partial charge < -0.3 is 4.74 Å². The SMILES string of the molecule is CCC(=O)OC(C)c1ccccc1.O=P. The molecule has 0 fully saturated rings. The molecule has 0 spiro atoms. The van der Waals surface area contributed by atoms with Gasteiger partial charge in [0.2, 0.25) is 0 Å². The second-order valence-electron chi connectivity index (χ2n) is 2.90. The van der Waals surface area contributed by atoms with Crippen molar-refractivity contribution in [3.8, 4) is 0 Å². The van der Waals surface area contributed by atoms with E-state index < -0.39 is 0 Å². The Kier molecular flexibility index (Phi) is 7.47. The van der Waals surface area contributed by atoms with Crippen molar-refractivity contribution >= 4 is 15.1 Å². The molecule has 0 bridgehead atoms. The van der Waals surface area contributed by atoms with Crippen LogP contribution in [0.4, 0.5) is 0 Å². The zero-order valence-corrected chi connectivity index (χ0v) is 9.90. The number of esters is 1. The minimum absolute atomic E-state index is 0.145. The topological polar surface area (TPSA) is 43.4 Å². The van der Waals surface area contributed by atoms with E-state index in [1.54, 1.807) is 16.0 Å². The molecule has 0 aromatic heterocycles. The van der Waals surface area contributed by atoms with Crippen LogP contribution >= 0.6 is 9.12 Å². The van der Waals surface area contributed by atoms with Crippen LogP contribution in [0.3, 0.4) is 0 Å². The van der Waals surface area contributed by atoms with Crippen LogP contribution in [0.2, 0.25) is 0 Å². The van der Waals surface area contributed by atoms with Crippen LogP contribution in [0.25, 0.3) is 0 Å². The average molecular weight is 226 g/mol. The van der Waals surface area contributed by atoms with Gasteiger partial charge in [0.15, 0.2) is 0 Å². The smallest absolute Gasteiger partial charge is 0.306 e. The molecule has 0 saturated heterocycles. The van der Waals surface area contributed by atoms with E-state index in [4.69, 9.17) is 9.30 Å². The molecule has 0 aliphatic rings. The predicted molar refractivity (Wildman–Crippen MR) is 60.2 cm³/mol. The lowest BCUT2D eigenvalue weighted by Crippen LogP contribution is -2.06. The molecule has 0 amide bonds. The Morgan fingerprint density at radius 3 is 2.33 bits per heavy atom. The molecule has 0 radical (unpaired) electrons. The van der Waals surface area contributed by atoms with E-state index in [0.717, 1.165) is 5.56 Å². The molecule has 82 valence electrons. The Bertz CT molecular complexity index is 287. The van der Waals surface area contributed by atoms with Crippen molar-refractivity contribution in [1.29, 1.82) is 0 Å². The van der Waals surface area contributed by atoms with Crippen molar-refractivity contribution in [3.63, 3.8) is 0 Å². The van der Waals surface area contributed by atoms with Gasteiger partial charge in [-0.15, -0.1) is 0 Å². The first-order chi connectivity index (χ1) is 7.24. The Hall–Kier alpha value is -1.21. The maximum absolute atomic E-state index is 11.0. The van der Waals surface area contributed by atoms with Gasteiger partial charge in [-0.2, -0.15) is 0 Å². The lowest BCUT2D eigenvalue weighted by molar-refractivity contribution is -0.148. The van der Waals surface area contributed by atoms with Crippen molar-refractivity contribution in [1.82, 2.24) is 0 Å². The maximum atomic E-state index is 11.0. The summed E-state index contributed by atoms with van der Waals surface area (Å²) in [4.78, 5) is 11.0. The number of ether oxygens (including phenoxy) is 1. The molecule has 15 heavy (non-hydrogen) atoms. The molecule has 3 nitrogen and oxygen atoms in total. The van der Waals surface area contributed by atoms with Gasteiger partial charge >= 0.3 is 5.97 Å². The fourth-order valence-corrected chi connectivity index (χ4v) is 1.07. The molecule has 0 aliphatic carbocycles. The van der Waals surface area contributed by atoms with Crippen LogP contribution in [0.15, 0.2) is 30.3 Å². The predicted octanol–water partition coefficient (Wildman–Crippen LogP) is 3.18. The number of hydrogen-bond donors (Lipinski definition) is 0. The first kappa shape index (κ1) is 13.8. The summed E-state index contributed by atoms with van der Waals surface area (Å²) in [6, 6.07) is 9.72. The van der Waals surface area contributed by atoms with E-state index in [1.807, 2.05) is 37.3 Å². The fourth-order valence-electron chi connectivity index (χ4n) is 1.07. The first-order valence-electron chi connectivity index (χ1n) is 4.69. The van der Waals surface area contributed by atoms with Crippen molar-refractivity contribution in [2.24, 2.45) is 0 Å². The molecule has 1 rings (SSSR count). The lowest BCUT2D eigenvalue weighted by Gasteiger charge is -2.12. The molecule has 0 N–H and O–H groups in total. The Balaban J connectivity index is 0.000000921. The standard InChI is InChI=1S/C11H14O2.HOP/c1-3-11(12)13-9(2)10-7-5-4-6-8-10;1-2/h4-9H,3H2,1-2H3;2H. The van der Waals surface area contributed by atoms with Gasteiger partial charge in [-0.25, -0.2) is 0 Å². The van der Waals surface area contributed by atoms with E-state index in [2.05, 4.69) is 0 Å². The van der Waals surface area contributed by atoms with Crippen molar-refractivity contribution in [2.45, 2.75) is 26.4 Å². The van der Waals surface area contributed by atoms with Crippen LogP contribution < -0.4 is 0 Å². The van der Waals surface area contributed by atoms with Gasteiger partial charge in [-0.1, -0.05) is 37.3 Å². The van der Waals surface area contributed by atoms with Crippen LogP contribution in [0.1, 0.15) is 31.9 Å². The highest BCUT2D eigenvalue weighted by Crippen LogP contribution is 2.16. The van der Waals surface area contributed by atoms with Crippen LogP contribution in [-0.2, 0) is 14.1 Å². The highest BCUT2D eigenvalue weighted by molar-refractivity contribution is 7.00. The quantitative estimate of drug-likeness (QED) is 0.587. The second-order valence-corrected chi connectivity index (χ2v) is 2.90. The van der Waals surface area contributed by atoms with Crippen molar-refractivity contribution in [2.75, 3.05) is 0 Å². The summed E-state index contributed by atoms with van der Waals surface area (Å²) in [5, 5.41) is 0. The Morgan fingerprint density at radius 1 is 1.33 bits per heavy atom.